The highest BCUT2D eigenvalue weighted by molar-refractivity contribution is 7.93. The lowest BCUT2D eigenvalue weighted by molar-refractivity contribution is -0.137. The molecule has 0 N–H and O–H groups in total. The number of rotatable bonds is 1. The van der Waals surface area contributed by atoms with Crippen LogP contribution in [0.5, 0.6) is 0 Å². The van der Waals surface area contributed by atoms with Gasteiger partial charge in [0.2, 0.25) is 0 Å². The molecule has 0 aliphatic carbocycles. The Morgan fingerprint density at radius 2 is 1.86 bits per heavy atom. The van der Waals surface area contributed by atoms with E-state index in [1.165, 1.54) is 6.08 Å². The van der Waals surface area contributed by atoms with E-state index in [1.54, 1.807) is 0 Å². The highest BCUT2D eigenvalue weighted by Crippen LogP contribution is 2.43. The molecule has 120 valence electrons. The highest BCUT2D eigenvalue weighted by Gasteiger charge is 2.42. The van der Waals surface area contributed by atoms with Crippen molar-refractivity contribution in [3.05, 3.63) is 41.2 Å². The van der Waals surface area contributed by atoms with Crippen molar-refractivity contribution in [2.45, 2.75) is 42.4 Å². The number of hydrogen-bond acceptors (Lipinski definition) is 2. The van der Waals surface area contributed by atoms with E-state index in [-0.39, 0.29) is 17.6 Å². The fraction of sp³-hybridized carbons (Fsp3) is 0.467. The second-order valence-electron chi connectivity index (χ2n) is 5.76. The maximum absolute atomic E-state index is 13.4. The summed E-state index contributed by atoms with van der Waals surface area (Å²) in [6.07, 6.45) is -1.59. The highest BCUT2D eigenvalue weighted by atomic mass is 32.2. The van der Waals surface area contributed by atoms with E-state index < -0.39 is 37.9 Å². The molecule has 3 rings (SSSR count). The SMILES string of the molecule is O=S1(=O)C2C=C(c3cc(F)ccc3C(F)(F)F)CC1CCC2. The van der Waals surface area contributed by atoms with E-state index in [9.17, 15) is 26.0 Å². The van der Waals surface area contributed by atoms with Crippen LogP contribution in [-0.4, -0.2) is 18.9 Å². The lowest BCUT2D eigenvalue weighted by Crippen LogP contribution is -2.38. The molecular formula is C15H14F4O2S. The molecule has 2 aliphatic heterocycles. The first-order chi connectivity index (χ1) is 10.2. The van der Waals surface area contributed by atoms with Crippen LogP contribution in [0.25, 0.3) is 5.57 Å². The molecule has 7 heteroatoms. The molecule has 0 saturated carbocycles. The molecule has 2 aliphatic rings. The molecule has 2 bridgehead atoms. The van der Waals surface area contributed by atoms with E-state index in [4.69, 9.17) is 0 Å². The van der Waals surface area contributed by atoms with Gasteiger partial charge < -0.3 is 0 Å². The summed E-state index contributed by atoms with van der Waals surface area (Å²) in [5.41, 5.74) is -0.867. The maximum atomic E-state index is 13.4. The molecule has 1 saturated heterocycles. The van der Waals surface area contributed by atoms with Crippen molar-refractivity contribution in [2.75, 3.05) is 0 Å². The Kier molecular flexibility index (Phi) is 3.58. The average Bonchev–Trinajstić information content (AvgIpc) is 2.35. The van der Waals surface area contributed by atoms with Gasteiger partial charge in [-0.2, -0.15) is 13.2 Å². The van der Waals surface area contributed by atoms with E-state index in [0.717, 1.165) is 18.6 Å². The zero-order valence-corrected chi connectivity index (χ0v) is 12.3. The summed E-state index contributed by atoms with van der Waals surface area (Å²) < 4.78 is 77.1. The molecule has 2 nitrogen and oxygen atoms in total. The average molecular weight is 334 g/mol. The van der Waals surface area contributed by atoms with E-state index in [1.807, 2.05) is 0 Å². The van der Waals surface area contributed by atoms with Crippen molar-refractivity contribution in [3.8, 4) is 0 Å². The summed E-state index contributed by atoms with van der Waals surface area (Å²) in [5.74, 6) is -0.762. The molecule has 1 aromatic rings. The summed E-state index contributed by atoms with van der Waals surface area (Å²) in [7, 11) is -3.32. The molecule has 2 heterocycles. The van der Waals surface area contributed by atoms with Gasteiger partial charge in [0.25, 0.3) is 0 Å². The molecule has 0 amide bonds. The molecule has 0 radical (unpaired) electrons. The molecule has 2 atom stereocenters. The Labute approximate surface area is 125 Å². The summed E-state index contributed by atoms with van der Waals surface area (Å²) >= 11 is 0. The van der Waals surface area contributed by atoms with E-state index >= 15 is 0 Å². The Balaban J connectivity index is 2.13. The van der Waals surface area contributed by atoms with Gasteiger partial charge in [-0.3, -0.25) is 0 Å². The van der Waals surface area contributed by atoms with Gasteiger partial charge in [-0.25, -0.2) is 12.8 Å². The quantitative estimate of drug-likeness (QED) is 0.728. The van der Waals surface area contributed by atoms with Gasteiger partial charge in [0.15, 0.2) is 9.84 Å². The number of fused-ring (bicyclic) bond motifs is 2. The van der Waals surface area contributed by atoms with Crippen molar-refractivity contribution in [2.24, 2.45) is 0 Å². The van der Waals surface area contributed by atoms with Crippen LogP contribution >= 0.6 is 0 Å². The third kappa shape index (κ3) is 2.55. The third-order valence-electron chi connectivity index (χ3n) is 4.37. The normalized spacial score (nSPS) is 27.4. The molecular weight excluding hydrogens is 320 g/mol. The predicted molar refractivity (Wildman–Crippen MR) is 74.3 cm³/mol. The van der Waals surface area contributed by atoms with Crippen LogP contribution in [-0.2, 0) is 16.0 Å². The molecule has 1 aromatic carbocycles. The number of halogens is 4. The number of sulfone groups is 1. The Morgan fingerprint density at radius 1 is 1.14 bits per heavy atom. The van der Waals surface area contributed by atoms with Crippen LogP contribution in [0.4, 0.5) is 17.6 Å². The summed E-state index contributed by atoms with van der Waals surface area (Å²) in [6.45, 7) is 0. The van der Waals surface area contributed by atoms with Crippen molar-refractivity contribution >= 4 is 15.4 Å². The summed E-state index contributed by atoms with van der Waals surface area (Å²) in [6, 6.07) is 2.33. The van der Waals surface area contributed by atoms with Gasteiger partial charge in [-0.15, -0.1) is 0 Å². The van der Waals surface area contributed by atoms with Crippen molar-refractivity contribution in [3.63, 3.8) is 0 Å². The fourth-order valence-electron chi connectivity index (χ4n) is 3.29. The first-order valence-electron chi connectivity index (χ1n) is 7.00. The minimum atomic E-state index is -4.60. The lowest BCUT2D eigenvalue weighted by atomic mass is 9.90. The zero-order chi connectivity index (χ0) is 16.1. The zero-order valence-electron chi connectivity index (χ0n) is 11.5. The minimum Gasteiger partial charge on any atom is -0.228 e. The van der Waals surface area contributed by atoms with E-state index in [0.29, 0.717) is 18.9 Å². The second kappa shape index (κ2) is 5.08. The lowest BCUT2D eigenvalue weighted by Gasteiger charge is -2.34. The predicted octanol–water partition coefficient (Wildman–Crippen LogP) is 3.97. The molecule has 22 heavy (non-hydrogen) atoms. The maximum Gasteiger partial charge on any atom is 0.416 e. The summed E-state index contributed by atoms with van der Waals surface area (Å²) in [5, 5.41) is -1.41. The number of hydrogen-bond donors (Lipinski definition) is 0. The van der Waals surface area contributed by atoms with Gasteiger partial charge in [-0.1, -0.05) is 12.5 Å². The van der Waals surface area contributed by atoms with Crippen LogP contribution in [0.15, 0.2) is 24.3 Å². The Bertz CT molecular complexity index is 734. The monoisotopic (exact) mass is 334 g/mol. The standard InChI is InChI=1S/C15H14F4O2S/c16-10-4-5-14(15(17,18)19)13(8-10)9-6-11-2-1-3-12(7-9)22(11,20)21/h4-6,8,11-12H,1-3,7H2. The van der Waals surface area contributed by atoms with Crippen LogP contribution in [0, 0.1) is 5.82 Å². The van der Waals surface area contributed by atoms with Crippen molar-refractivity contribution < 1.29 is 26.0 Å². The largest absolute Gasteiger partial charge is 0.416 e. The van der Waals surface area contributed by atoms with Crippen LogP contribution in [0.3, 0.4) is 0 Å². The minimum absolute atomic E-state index is 0.0192. The number of benzene rings is 1. The summed E-state index contributed by atoms with van der Waals surface area (Å²) in [4.78, 5) is 0. The van der Waals surface area contributed by atoms with Gasteiger partial charge >= 0.3 is 6.18 Å². The first kappa shape index (κ1) is 15.5. The molecule has 1 fully saturated rings. The smallest absolute Gasteiger partial charge is 0.228 e. The van der Waals surface area contributed by atoms with Crippen molar-refractivity contribution in [1.82, 2.24) is 0 Å². The van der Waals surface area contributed by atoms with Gasteiger partial charge in [0, 0.05) is 0 Å². The first-order valence-corrected chi connectivity index (χ1v) is 8.61. The number of allylic oxidation sites excluding steroid dienone is 1. The molecule has 2 unspecified atom stereocenters. The fourth-order valence-corrected chi connectivity index (χ4v) is 5.54. The Hall–Kier alpha value is -1.37. The van der Waals surface area contributed by atoms with Gasteiger partial charge in [0.1, 0.15) is 5.82 Å². The van der Waals surface area contributed by atoms with E-state index in [2.05, 4.69) is 0 Å². The third-order valence-corrected chi connectivity index (χ3v) is 6.92. The van der Waals surface area contributed by atoms with Crippen LogP contribution < -0.4 is 0 Å². The molecule has 0 aromatic heterocycles. The molecule has 0 spiro atoms. The van der Waals surface area contributed by atoms with Crippen LogP contribution in [0.1, 0.15) is 36.8 Å². The second-order valence-corrected chi connectivity index (χ2v) is 8.21. The van der Waals surface area contributed by atoms with Gasteiger partial charge in [0.05, 0.1) is 16.1 Å². The van der Waals surface area contributed by atoms with Gasteiger partial charge in [-0.05, 0) is 48.6 Å². The van der Waals surface area contributed by atoms with Crippen LogP contribution in [0.2, 0.25) is 0 Å². The topological polar surface area (TPSA) is 34.1 Å². The van der Waals surface area contributed by atoms with Crippen molar-refractivity contribution in [1.29, 1.82) is 0 Å². The Morgan fingerprint density at radius 3 is 2.50 bits per heavy atom. The number of alkyl halides is 3.